The van der Waals surface area contributed by atoms with E-state index in [9.17, 15) is 26.4 Å². The van der Waals surface area contributed by atoms with E-state index in [0.29, 0.717) is 12.6 Å². The van der Waals surface area contributed by atoms with Crippen LogP contribution in [0.3, 0.4) is 0 Å². The van der Waals surface area contributed by atoms with Gasteiger partial charge in [0.15, 0.2) is 17.5 Å². The molecule has 0 amide bonds. The van der Waals surface area contributed by atoms with Crippen LogP contribution in [0.2, 0.25) is 0 Å². The first-order valence-corrected chi connectivity index (χ1v) is 14.7. The van der Waals surface area contributed by atoms with Crippen LogP contribution in [0.1, 0.15) is 18.9 Å². The Kier molecular flexibility index (Phi) is 8.34. The number of anilines is 2. The van der Waals surface area contributed by atoms with Crippen molar-refractivity contribution in [2.45, 2.75) is 37.9 Å². The summed E-state index contributed by atoms with van der Waals surface area (Å²) in [5.41, 5.74) is -4.32. The standard InChI is InChI=1S/C27H24F6N6O3S/c1-2-39-25-13(9-35-27(37-25)36-15-7-14(28)10-34-11-15)6-17(26(39)40)16-8-21(31)24(23(33)22(16)32)38-43(41,42)12-18-19(29)4-3-5-20(18)30/h3-6,8-9,14-15,34,38H,2,7,10-12H2,1H3,(H,35,36,37)/t14-,15-/m0/s1. The summed E-state index contributed by atoms with van der Waals surface area (Å²) < 4.78 is 115. The molecule has 2 aromatic carbocycles. The van der Waals surface area contributed by atoms with Crippen molar-refractivity contribution < 1.29 is 34.8 Å². The van der Waals surface area contributed by atoms with E-state index in [2.05, 4.69) is 20.6 Å². The van der Waals surface area contributed by atoms with Crippen LogP contribution in [0.4, 0.5) is 38.0 Å². The number of pyridine rings is 1. The zero-order valence-corrected chi connectivity index (χ0v) is 23.2. The Morgan fingerprint density at radius 1 is 1.02 bits per heavy atom. The Hall–Kier alpha value is -4.18. The molecular formula is C27H24F6N6O3S. The molecule has 3 N–H and O–H groups in total. The highest BCUT2D eigenvalue weighted by atomic mass is 32.2. The lowest BCUT2D eigenvalue weighted by atomic mass is 10.0. The van der Waals surface area contributed by atoms with Crippen molar-refractivity contribution in [1.29, 1.82) is 0 Å². The van der Waals surface area contributed by atoms with E-state index in [-0.39, 0.29) is 42.5 Å². The smallest absolute Gasteiger partial charge is 0.260 e. The minimum absolute atomic E-state index is 0.0221. The van der Waals surface area contributed by atoms with Gasteiger partial charge in [0.25, 0.3) is 5.56 Å². The number of piperidine rings is 1. The molecule has 4 aromatic rings. The minimum Gasteiger partial charge on any atom is -0.350 e. The molecule has 0 unspecified atom stereocenters. The van der Waals surface area contributed by atoms with Crippen LogP contribution in [0.5, 0.6) is 0 Å². The predicted molar refractivity (Wildman–Crippen MR) is 147 cm³/mol. The van der Waals surface area contributed by atoms with Crippen LogP contribution in [0.25, 0.3) is 22.2 Å². The second kappa shape index (κ2) is 11.8. The number of sulfonamides is 1. The first kappa shape index (κ1) is 30.3. The summed E-state index contributed by atoms with van der Waals surface area (Å²) in [5, 5.41) is 6.14. The first-order chi connectivity index (χ1) is 20.4. The Bertz CT molecular complexity index is 1870. The molecule has 1 aliphatic rings. The number of aromatic nitrogens is 3. The molecular weight excluding hydrogens is 602 g/mol. The highest BCUT2D eigenvalue weighted by Crippen LogP contribution is 2.32. The molecule has 16 heteroatoms. The van der Waals surface area contributed by atoms with Crippen molar-refractivity contribution in [1.82, 2.24) is 19.9 Å². The molecule has 43 heavy (non-hydrogen) atoms. The van der Waals surface area contributed by atoms with E-state index >= 15 is 13.2 Å². The topological polar surface area (TPSA) is 118 Å². The number of halogens is 6. The van der Waals surface area contributed by atoms with Crippen LogP contribution in [-0.4, -0.2) is 48.3 Å². The fraction of sp³-hybridized carbons (Fsp3) is 0.296. The third kappa shape index (κ3) is 6.15. The van der Waals surface area contributed by atoms with Crippen LogP contribution in [-0.2, 0) is 22.3 Å². The van der Waals surface area contributed by atoms with Crippen molar-refractivity contribution in [3.63, 3.8) is 0 Å². The van der Waals surface area contributed by atoms with E-state index in [1.54, 1.807) is 6.92 Å². The number of benzene rings is 2. The van der Waals surface area contributed by atoms with Gasteiger partial charge in [-0.3, -0.25) is 14.1 Å². The van der Waals surface area contributed by atoms with Crippen molar-refractivity contribution >= 4 is 32.7 Å². The molecule has 2 atom stereocenters. The third-order valence-corrected chi connectivity index (χ3v) is 8.06. The first-order valence-electron chi connectivity index (χ1n) is 13.0. The molecule has 0 bridgehead atoms. The van der Waals surface area contributed by atoms with E-state index in [0.717, 1.165) is 28.8 Å². The van der Waals surface area contributed by atoms with Gasteiger partial charge in [0.05, 0.1) is 5.56 Å². The normalized spacial score (nSPS) is 17.3. The lowest BCUT2D eigenvalue weighted by molar-refractivity contribution is 0.254. The minimum atomic E-state index is -4.83. The van der Waals surface area contributed by atoms with Gasteiger partial charge in [-0.05, 0) is 31.2 Å². The lowest BCUT2D eigenvalue weighted by Gasteiger charge is -2.26. The van der Waals surface area contributed by atoms with Gasteiger partial charge >= 0.3 is 0 Å². The largest absolute Gasteiger partial charge is 0.350 e. The highest BCUT2D eigenvalue weighted by Gasteiger charge is 2.27. The summed E-state index contributed by atoms with van der Waals surface area (Å²) in [6.07, 6.45) is 0.462. The summed E-state index contributed by atoms with van der Waals surface area (Å²) in [6, 6.07) is 3.85. The van der Waals surface area contributed by atoms with E-state index in [1.807, 2.05) is 0 Å². The van der Waals surface area contributed by atoms with Crippen LogP contribution >= 0.6 is 0 Å². The van der Waals surface area contributed by atoms with Gasteiger partial charge in [0, 0.05) is 54.8 Å². The second-order valence-corrected chi connectivity index (χ2v) is 11.6. The van der Waals surface area contributed by atoms with Gasteiger partial charge in [-0.25, -0.2) is 39.7 Å². The van der Waals surface area contributed by atoms with Crippen molar-refractivity contribution in [3.8, 4) is 11.1 Å². The predicted octanol–water partition coefficient (Wildman–Crippen LogP) is 4.23. The number of nitrogens with zero attached hydrogens (tertiary/aromatic N) is 3. The zero-order chi connectivity index (χ0) is 31.1. The molecule has 0 saturated carbocycles. The Balaban J connectivity index is 1.50. The Morgan fingerprint density at radius 2 is 1.74 bits per heavy atom. The van der Waals surface area contributed by atoms with Crippen molar-refractivity contribution in [3.05, 3.63) is 81.5 Å². The van der Waals surface area contributed by atoms with Gasteiger partial charge < -0.3 is 10.6 Å². The van der Waals surface area contributed by atoms with Crippen molar-refractivity contribution in [2.75, 3.05) is 23.1 Å². The molecule has 0 spiro atoms. The fourth-order valence-electron chi connectivity index (χ4n) is 4.83. The van der Waals surface area contributed by atoms with Gasteiger partial charge in [-0.1, -0.05) is 6.07 Å². The Morgan fingerprint density at radius 3 is 2.42 bits per heavy atom. The average molecular weight is 627 g/mol. The van der Waals surface area contributed by atoms with Gasteiger partial charge in [-0.2, -0.15) is 4.98 Å². The zero-order valence-electron chi connectivity index (χ0n) is 22.4. The second-order valence-electron chi connectivity index (χ2n) is 9.88. The molecule has 0 aliphatic carbocycles. The lowest BCUT2D eigenvalue weighted by Crippen LogP contribution is -2.44. The highest BCUT2D eigenvalue weighted by molar-refractivity contribution is 7.91. The van der Waals surface area contributed by atoms with E-state index < -0.39 is 79.0 Å². The molecule has 5 rings (SSSR count). The molecule has 1 fully saturated rings. The SMILES string of the molecule is CCn1c(=O)c(-c2cc(F)c(NS(=O)(=O)Cc3c(F)cccc3F)c(F)c2F)cc2cnc(N[C@@H]3CNC[C@@H](F)C3)nc21. The molecule has 0 radical (unpaired) electrons. The monoisotopic (exact) mass is 626 g/mol. The fourth-order valence-corrected chi connectivity index (χ4v) is 6.06. The number of alkyl halides is 1. The number of aryl methyl sites for hydroxylation is 1. The summed E-state index contributed by atoms with van der Waals surface area (Å²) in [4.78, 5) is 21.8. The van der Waals surface area contributed by atoms with Crippen LogP contribution < -0.4 is 20.9 Å². The number of nitrogens with one attached hydrogen (secondary N) is 3. The summed E-state index contributed by atoms with van der Waals surface area (Å²) in [6.45, 7) is 2.30. The molecule has 9 nitrogen and oxygen atoms in total. The quantitative estimate of drug-likeness (QED) is 0.198. The van der Waals surface area contributed by atoms with E-state index in [1.165, 1.54) is 10.9 Å². The number of hydrogen-bond donors (Lipinski definition) is 3. The van der Waals surface area contributed by atoms with E-state index in [4.69, 9.17) is 0 Å². The number of fused-ring (bicyclic) bond motifs is 1. The molecule has 1 aliphatic heterocycles. The van der Waals surface area contributed by atoms with Gasteiger partial charge in [-0.15, -0.1) is 0 Å². The Labute approximate surface area is 241 Å². The van der Waals surface area contributed by atoms with Crippen LogP contribution in [0.15, 0.2) is 41.3 Å². The summed E-state index contributed by atoms with van der Waals surface area (Å²) in [5.74, 6) is -8.94. The van der Waals surface area contributed by atoms with Gasteiger partial charge in [0.1, 0.15) is 34.9 Å². The molecule has 3 heterocycles. The van der Waals surface area contributed by atoms with Gasteiger partial charge in [0.2, 0.25) is 16.0 Å². The number of hydrogen-bond acceptors (Lipinski definition) is 7. The number of rotatable bonds is 8. The third-order valence-electron chi connectivity index (χ3n) is 6.88. The maximum absolute atomic E-state index is 15.3. The maximum Gasteiger partial charge on any atom is 0.260 e. The van der Waals surface area contributed by atoms with Crippen molar-refractivity contribution in [2.24, 2.45) is 0 Å². The average Bonchev–Trinajstić information content (AvgIpc) is 2.95. The molecule has 228 valence electrons. The molecule has 1 saturated heterocycles. The molecule has 2 aromatic heterocycles. The van der Waals surface area contributed by atoms with Crippen LogP contribution in [0, 0.1) is 29.1 Å². The summed E-state index contributed by atoms with van der Waals surface area (Å²) >= 11 is 0. The summed E-state index contributed by atoms with van der Waals surface area (Å²) in [7, 11) is -4.83. The maximum atomic E-state index is 15.3.